The maximum absolute atomic E-state index is 12.8. The minimum atomic E-state index is -0.100. The van der Waals surface area contributed by atoms with Crippen molar-refractivity contribution in [3.63, 3.8) is 0 Å². The number of thiophene rings is 1. The van der Waals surface area contributed by atoms with E-state index in [1.54, 1.807) is 15.9 Å². The van der Waals surface area contributed by atoms with Gasteiger partial charge in [0.25, 0.3) is 0 Å². The predicted molar refractivity (Wildman–Crippen MR) is 119 cm³/mol. The second-order valence-electron chi connectivity index (χ2n) is 7.00. The molecule has 2 N–H and O–H groups in total. The monoisotopic (exact) mass is 447 g/mol. The van der Waals surface area contributed by atoms with E-state index in [9.17, 15) is 4.79 Å². The number of halogens is 1. The summed E-state index contributed by atoms with van der Waals surface area (Å²) in [7, 11) is 0. The van der Waals surface area contributed by atoms with E-state index in [2.05, 4.69) is 20.4 Å². The second-order valence-corrected chi connectivity index (χ2v) is 8.74. The topological polar surface area (TPSA) is 66.0 Å². The van der Waals surface area contributed by atoms with Crippen LogP contribution in [0, 0.1) is 4.77 Å². The number of benzene rings is 1. The Labute approximate surface area is 183 Å². The second kappa shape index (κ2) is 9.21. The van der Waals surface area contributed by atoms with Gasteiger partial charge in [-0.05, 0) is 61.2 Å². The lowest BCUT2D eigenvalue weighted by Crippen LogP contribution is -2.38. The molecule has 3 heterocycles. The molecule has 0 aliphatic carbocycles. The Kier molecular flexibility index (Phi) is 6.44. The number of carbonyl (C=O) groups is 1. The van der Waals surface area contributed by atoms with Gasteiger partial charge in [-0.3, -0.25) is 19.4 Å². The molecule has 152 valence electrons. The highest BCUT2D eigenvalue weighted by Crippen LogP contribution is 2.29. The molecule has 4 rings (SSSR count). The summed E-state index contributed by atoms with van der Waals surface area (Å²) in [6, 6.07) is 11.8. The summed E-state index contributed by atoms with van der Waals surface area (Å²) < 4.78 is 2.17. The minimum absolute atomic E-state index is 0.0595. The molecule has 0 bridgehead atoms. The van der Waals surface area contributed by atoms with Crippen LogP contribution in [0.3, 0.4) is 0 Å². The maximum atomic E-state index is 12.8. The van der Waals surface area contributed by atoms with Crippen molar-refractivity contribution >= 4 is 41.1 Å². The molecule has 1 unspecified atom stereocenters. The molecule has 0 spiro atoms. The molecule has 3 aromatic rings. The first kappa shape index (κ1) is 20.3. The summed E-state index contributed by atoms with van der Waals surface area (Å²) in [5.41, 5.74) is 1.05. The largest absolute Gasteiger partial charge is 0.353 e. The van der Waals surface area contributed by atoms with E-state index in [-0.39, 0.29) is 18.5 Å². The summed E-state index contributed by atoms with van der Waals surface area (Å²) in [5, 5.41) is 12.9. The number of H-pyrrole nitrogens is 1. The molecule has 0 radical (unpaired) electrons. The van der Waals surface area contributed by atoms with Gasteiger partial charge in [-0.25, -0.2) is 0 Å². The zero-order valence-electron chi connectivity index (χ0n) is 15.8. The summed E-state index contributed by atoms with van der Waals surface area (Å²) in [4.78, 5) is 16.1. The number of rotatable bonds is 7. The first-order chi connectivity index (χ1) is 14.1. The van der Waals surface area contributed by atoms with Crippen molar-refractivity contribution in [1.82, 2.24) is 25.0 Å². The van der Waals surface area contributed by atoms with Crippen molar-refractivity contribution in [2.45, 2.75) is 25.4 Å². The van der Waals surface area contributed by atoms with Crippen LogP contribution in [0.15, 0.2) is 41.8 Å². The summed E-state index contributed by atoms with van der Waals surface area (Å²) in [6.45, 7) is 2.65. The molecule has 1 aliphatic rings. The number of nitrogens with zero attached hydrogens (tertiary/aromatic N) is 3. The fourth-order valence-corrected chi connectivity index (χ4v) is 4.88. The Bertz CT molecular complexity index is 1020. The summed E-state index contributed by atoms with van der Waals surface area (Å²) >= 11 is 13.3. The van der Waals surface area contributed by atoms with Gasteiger partial charge in [0, 0.05) is 11.6 Å². The lowest BCUT2D eigenvalue weighted by molar-refractivity contribution is -0.121. The van der Waals surface area contributed by atoms with Crippen LogP contribution in [0.5, 0.6) is 0 Å². The van der Waals surface area contributed by atoms with E-state index < -0.39 is 0 Å². The highest BCUT2D eigenvalue weighted by atomic mass is 35.5. The van der Waals surface area contributed by atoms with E-state index in [1.165, 1.54) is 12.8 Å². The first-order valence-corrected chi connectivity index (χ1v) is 11.2. The van der Waals surface area contributed by atoms with Gasteiger partial charge in [0.1, 0.15) is 6.54 Å². The summed E-state index contributed by atoms with van der Waals surface area (Å²) in [6.07, 6.45) is 2.34. The van der Waals surface area contributed by atoms with Crippen LogP contribution in [0.25, 0.3) is 10.7 Å². The number of aromatic amines is 1. The highest BCUT2D eigenvalue weighted by molar-refractivity contribution is 7.71. The third-order valence-corrected chi connectivity index (χ3v) is 6.66. The van der Waals surface area contributed by atoms with Crippen LogP contribution in [-0.4, -0.2) is 45.2 Å². The lowest BCUT2D eigenvalue weighted by Gasteiger charge is -2.29. The average Bonchev–Trinajstić information content (AvgIpc) is 3.47. The zero-order valence-corrected chi connectivity index (χ0v) is 18.2. The number of amides is 1. The fraction of sp³-hybridized carbons (Fsp3) is 0.350. The van der Waals surface area contributed by atoms with E-state index in [4.69, 9.17) is 23.8 Å². The van der Waals surface area contributed by atoms with Crippen molar-refractivity contribution < 1.29 is 4.79 Å². The number of hydrogen-bond donors (Lipinski definition) is 2. The van der Waals surface area contributed by atoms with Crippen LogP contribution in [0.2, 0.25) is 5.02 Å². The van der Waals surface area contributed by atoms with Gasteiger partial charge >= 0.3 is 0 Å². The zero-order chi connectivity index (χ0) is 20.2. The van der Waals surface area contributed by atoms with Crippen molar-refractivity contribution in [2.75, 3.05) is 19.6 Å². The molecule has 1 aliphatic heterocycles. The van der Waals surface area contributed by atoms with Crippen molar-refractivity contribution in [1.29, 1.82) is 0 Å². The third-order valence-electron chi connectivity index (χ3n) is 5.14. The molecule has 6 nitrogen and oxygen atoms in total. The standard InChI is InChI=1S/C20H22ClN5OS2/c21-15-7-2-1-6-14(15)16(25-9-3-4-10-25)12-22-18(27)13-26-19(23-24-20(26)28)17-8-5-11-29-17/h1-2,5-8,11,16H,3-4,9-10,12-13H2,(H,22,27)(H,24,28). The SMILES string of the molecule is O=C(Cn1c(-c2cccs2)n[nH]c1=S)NCC(c1ccccc1Cl)N1CCCC1. The number of aromatic nitrogens is 3. The predicted octanol–water partition coefficient (Wildman–Crippen LogP) is 4.28. The Hall–Kier alpha value is -2.00. The van der Waals surface area contributed by atoms with E-state index >= 15 is 0 Å². The van der Waals surface area contributed by atoms with Gasteiger partial charge in [-0.2, -0.15) is 5.10 Å². The number of nitrogens with one attached hydrogen (secondary N) is 2. The first-order valence-electron chi connectivity index (χ1n) is 9.58. The van der Waals surface area contributed by atoms with Crippen molar-refractivity contribution in [3.8, 4) is 10.7 Å². The molecule has 1 amide bonds. The fourth-order valence-electron chi connectivity index (χ4n) is 3.70. The maximum Gasteiger partial charge on any atom is 0.240 e. The molecular weight excluding hydrogens is 426 g/mol. The molecular formula is C20H22ClN5OS2. The Morgan fingerprint density at radius 1 is 1.28 bits per heavy atom. The molecule has 1 saturated heterocycles. The quantitative estimate of drug-likeness (QED) is 0.530. The van der Waals surface area contributed by atoms with Crippen LogP contribution in [0.4, 0.5) is 0 Å². The molecule has 1 aromatic carbocycles. The van der Waals surface area contributed by atoms with Gasteiger partial charge < -0.3 is 5.32 Å². The van der Waals surface area contributed by atoms with Crippen LogP contribution in [-0.2, 0) is 11.3 Å². The highest BCUT2D eigenvalue weighted by Gasteiger charge is 2.25. The number of hydrogen-bond acceptors (Lipinski definition) is 5. The molecule has 9 heteroatoms. The van der Waals surface area contributed by atoms with Crippen LogP contribution in [0.1, 0.15) is 24.4 Å². The summed E-state index contributed by atoms with van der Waals surface area (Å²) in [5.74, 6) is 0.582. The normalized spacial score (nSPS) is 15.5. The molecule has 1 fully saturated rings. The Morgan fingerprint density at radius 3 is 2.79 bits per heavy atom. The van der Waals surface area contributed by atoms with Gasteiger partial charge in [0.2, 0.25) is 5.91 Å². The van der Waals surface area contributed by atoms with Crippen LogP contribution >= 0.6 is 35.2 Å². The molecule has 1 atom stereocenters. The molecule has 0 saturated carbocycles. The van der Waals surface area contributed by atoms with Crippen molar-refractivity contribution in [2.24, 2.45) is 0 Å². The van der Waals surface area contributed by atoms with Gasteiger partial charge in [0.05, 0.1) is 10.9 Å². The third kappa shape index (κ3) is 4.61. The number of likely N-dealkylation sites (tertiary alicyclic amines) is 1. The Balaban J connectivity index is 1.47. The number of carbonyl (C=O) groups excluding carboxylic acids is 1. The van der Waals surface area contributed by atoms with Crippen molar-refractivity contribution in [3.05, 3.63) is 57.1 Å². The smallest absolute Gasteiger partial charge is 0.240 e. The van der Waals surface area contributed by atoms with Gasteiger partial charge in [-0.1, -0.05) is 35.9 Å². The van der Waals surface area contributed by atoms with Gasteiger partial charge in [-0.15, -0.1) is 11.3 Å². The van der Waals surface area contributed by atoms with Gasteiger partial charge in [0.15, 0.2) is 10.6 Å². The van der Waals surface area contributed by atoms with Crippen LogP contribution < -0.4 is 5.32 Å². The van der Waals surface area contributed by atoms with E-state index in [0.29, 0.717) is 17.1 Å². The molecule has 2 aromatic heterocycles. The minimum Gasteiger partial charge on any atom is -0.353 e. The van der Waals surface area contributed by atoms with E-state index in [0.717, 1.165) is 28.6 Å². The van der Waals surface area contributed by atoms with E-state index in [1.807, 2.05) is 41.8 Å². The Morgan fingerprint density at radius 2 is 2.07 bits per heavy atom. The average molecular weight is 448 g/mol. The lowest BCUT2D eigenvalue weighted by atomic mass is 10.1. The molecule has 29 heavy (non-hydrogen) atoms.